The van der Waals surface area contributed by atoms with Crippen molar-refractivity contribution in [2.45, 2.75) is 33.2 Å². The van der Waals surface area contributed by atoms with Crippen LogP contribution in [0.15, 0.2) is 28.8 Å². The second-order valence-corrected chi connectivity index (χ2v) is 4.94. The van der Waals surface area contributed by atoms with E-state index in [9.17, 15) is 4.79 Å². The van der Waals surface area contributed by atoms with Crippen molar-refractivity contribution in [1.82, 2.24) is 10.5 Å². The normalized spacial score (nSPS) is 12.2. The Kier molecular flexibility index (Phi) is 4.08. The Hall–Kier alpha value is -2.30. The minimum Gasteiger partial charge on any atom is -0.399 e. The average Bonchev–Trinajstić information content (AvgIpc) is 2.71. The van der Waals surface area contributed by atoms with Crippen molar-refractivity contribution in [2.75, 3.05) is 5.73 Å². The zero-order chi connectivity index (χ0) is 14.7. The topological polar surface area (TPSA) is 81.2 Å². The van der Waals surface area contributed by atoms with Gasteiger partial charge in [0.05, 0.1) is 18.2 Å². The minimum absolute atomic E-state index is 0.0521. The molecule has 2 aromatic rings. The Bertz CT molecular complexity index is 583. The molecule has 1 aromatic carbocycles. The molecule has 1 heterocycles. The van der Waals surface area contributed by atoms with Crippen LogP contribution >= 0.6 is 0 Å². The van der Waals surface area contributed by atoms with Gasteiger partial charge in [0, 0.05) is 11.3 Å². The molecule has 1 amide bonds. The summed E-state index contributed by atoms with van der Waals surface area (Å²) in [6, 6.07) is 7.41. The van der Waals surface area contributed by atoms with Crippen LogP contribution in [0, 0.1) is 13.8 Å². The molecule has 0 saturated heterocycles. The van der Waals surface area contributed by atoms with Crippen molar-refractivity contribution in [3.8, 4) is 0 Å². The number of nitrogens with two attached hydrogens (primary N) is 1. The molecule has 20 heavy (non-hydrogen) atoms. The molecule has 0 radical (unpaired) electrons. The van der Waals surface area contributed by atoms with Gasteiger partial charge in [-0.15, -0.1) is 0 Å². The monoisotopic (exact) mass is 273 g/mol. The number of nitrogens with one attached hydrogen (secondary N) is 1. The number of aryl methyl sites for hydroxylation is 2. The summed E-state index contributed by atoms with van der Waals surface area (Å²) >= 11 is 0. The number of nitrogens with zero attached hydrogens (tertiary/aromatic N) is 1. The van der Waals surface area contributed by atoms with Crippen LogP contribution < -0.4 is 11.1 Å². The molecule has 5 nitrogen and oxygen atoms in total. The summed E-state index contributed by atoms with van der Waals surface area (Å²) in [7, 11) is 0. The molecule has 0 spiro atoms. The van der Waals surface area contributed by atoms with E-state index in [0.29, 0.717) is 11.4 Å². The summed E-state index contributed by atoms with van der Waals surface area (Å²) in [5, 5.41) is 6.81. The molecule has 0 bridgehead atoms. The third-order valence-electron chi connectivity index (χ3n) is 3.33. The molecule has 1 atom stereocenters. The highest BCUT2D eigenvalue weighted by Crippen LogP contribution is 2.16. The molecule has 1 unspecified atom stereocenters. The second kappa shape index (κ2) is 5.77. The minimum atomic E-state index is -0.0661. The van der Waals surface area contributed by atoms with Gasteiger partial charge >= 0.3 is 0 Å². The highest BCUT2D eigenvalue weighted by molar-refractivity contribution is 5.79. The lowest BCUT2D eigenvalue weighted by Gasteiger charge is -2.14. The molecule has 0 saturated carbocycles. The molecule has 3 N–H and O–H groups in total. The van der Waals surface area contributed by atoms with E-state index in [2.05, 4.69) is 10.5 Å². The van der Waals surface area contributed by atoms with Gasteiger partial charge in [-0.3, -0.25) is 4.79 Å². The first-order chi connectivity index (χ1) is 9.47. The Labute approximate surface area is 118 Å². The highest BCUT2D eigenvalue weighted by Gasteiger charge is 2.15. The smallest absolute Gasteiger partial charge is 0.225 e. The van der Waals surface area contributed by atoms with Gasteiger partial charge in [0.25, 0.3) is 0 Å². The van der Waals surface area contributed by atoms with Crippen LogP contribution in [0.1, 0.15) is 35.5 Å². The predicted octanol–water partition coefficient (Wildman–Crippen LogP) is 2.29. The van der Waals surface area contributed by atoms with Crippen LogP contribution in [0.4, 0.5) is 5.69 Å². The van der Waals surface area contributed by atoms with Crippen LogP contribution in [0.2, 0.25) is 0 Å². The molecular weight excluding hydrogens is 254 g/mol. The Morgan fingerprint density at radius 1 is 1.35 bits per heavy atom. The van der Waals surface area contributed by atoms with E-state index in [0.717, 1.165) is 16.8 Å². The molecule has 1 aromatic heterocycles. The van der Waals surface area contributed by atoms with Gasteiger partial charge in [-0.1, -0.05) is 17.3 Å². The first-order valence-corrected chi connectivity index (χ1v) is 6.54. The fraction of sp³-hybridized carbons (Fsp3) is 0.333. The van der Waals surface area contributed by atoms with Crippen LogP contribution in [-0.2, 0) is 11.2 Å². The number of aromatic nitrogens is 1. The maximum absolute atomic E-state index is 12.1. The van der Waals surface area contributed by atoms with Gasteiger partial charge in [0.15, 0.2) is 0 Å². The molecule has 5 heteroatoms. The Morgan fingerprint density at radius 3 is 2.55 bits per heavy atom. The van der Waals surface area contributed by atoms with Gasteiger partial charge in [-0.2, -0.15) is 0 Å². The summed E-state index contributed by atoms with van der Waals surface area (Å²) in [5.41, 5.74) is 8.99. The van der Waals surface area contributed by atoms with Crippen molar-refractivity contribution < 1.29 is 9.32 Å². The van der Waals surface area contributed by atoms with Gasteiger partial charge in [0.2, 0.25) is 5.91 Å². The van der Waals surface area contributed by atoms with Gasteiger partial charge in [0.1, 0.15) is 5.76 Å². The quantitative estimate of drug-likeness (QED) is 0.837. The van der Waals surface area contributed by atoms with Crippen LogP contribution in [0.3, 0.4) is 0 Å². The van der Waals surface area contributed by atoms with Crippen molar-refractivity contribution in [3.63, 3.8) is 0 Å². The number of amides is 1. The maximum Gasteiger partial charge on any atom is 0.225 e. The van der Waals surface area contributed by atoms with E-state index < -0.39 is 0 Å². The highest BCUT2D eigenvalue weighted by atomic mass is 16.5. The van der Waals surface area contributed by atoms with Crippen LogP contribution in [0.5, 0.6) is 0 Å². The largest absolute Gasteiger partial charge is 0.399 e. The number of hydrogen-bond donors (Lipinski definition) is 2. The van der Waals surface area contributed by atoms with E-state index in [1.807, 2.05) is 45.0 Å². The summed E-state index contributed by atoms with van der Waals surface area (Å²) in [4.78, 5) is 12.1. The van der Waals surface area contributed by atoms with Crippen LogP contribution in [-0.4, -0.2) is 11.1 Å². The van der Waals surface area contributed by atoms with Crippen LogP contribution in [0.25, 0.3) is 0 Å². The Balaban J connectivity index is 1.99. The summed E-state index contributed by atoms with van der Waals surface area (Å²) in [6.45, 7) is 5.59. The molecule has 0 aliphatic heterocycles. The lowest BCUT2D eigenvalue weighted by atomic mass is 10.1. The van der Waals surface area contributed by atoms with Crippen molar-refractivity contribution >= 4 is 11.6 Å². The SMILES string of the molecule is Cc1noc(C)c1CC(=O)NC(C)c1ccc(N)cc1. The molecule has 0 fully saturated rings. The second-order valence-electron chi connectivity index (χ2n) is 4.94. The molecule has 0 aliphatic rings. The molecule has 0 aliphatic carbocycles. The lowest BCUT2D eigenvalue weighted by molar-refractivity contribution is -0.121. The predicted molar refractivity (Wildman–Crippen MR) is 77.1 cm³/mol. The molecular formula is C15H19N3O2. The van der Waals surface area contributed by atoms with Gasteiger partial charge in [-0.25, -0.2) is 0 Å². The number of hydrogen-bond acceptors (Lipinski definition) is 4. The van der Waals surface area contributed by atoms with Crippen molar-refractivity contribution in [3.05, 3.63) is 46.8 Å². The first-order valence-electron chi connectivity index (χ1n) is 6.54. The Morgan fingerprint density at radius 2 is 2.00 bits per heavy atom. The van der Waals surface area contributed by atoms with Gasteiger partial charge < -0.3 is 15.6 Å². The van der Waals surface area contributed by atoms with Crippen molar-refractivity contribution in [1.29, 1.82) is 0 Å². The van der Waals surface area contributed by atoms with E-state index in [1.54, 1.807) is 0 Å². The zero-order valence-electron chi connectivity index (χ0n) is 11.9. The third-order valence-corrected chi connectivity index (χ3v) is 3.33. The third kappa shape index (κ3) is 3.17. The molecule has 2 rings (SSSR count). The summed E-state index contributed by atoms with van der Waals surface area (Å²) in [6.07, 6.45) is 0.278. The zero-order valence-corrected chi connectivity index (χ0v) is 11.9. The van der Waals surface area contributed by atoms with Gasteiger partial charge in [-0.05, 0) is 38.5 Å². The fourth-order valence-electron chi connectivity index (χ4n) is 2.08. The lowest BCUT2D eigenvalue weighted by Crippen LogP contribution is -2.28. The van der Waals surface area contributed by atoms with Crippen molar-refractivity contribution in [2.24, 2.45) is 0 Å². The number of rotatable bonds is 4. The van der Waals surface area contributed by atoms with E-state index in [1.165, 1.54) is 0 Å². The van der Waals surface area contributed by atoms with E-state index >= 15 is 0 Å². The first kappa shape index (κ1) is 14.1. The summed E-state index contributed by atoms with van der Waals surface area (Å²) in [5.74, 6) is 0.640. The molecule has 106 valence electrons. The number of carbonyl (C=O) groups excluding carboxylic acids is 1. The van der Waals surface area contributed by atoms with E-state index in [4.69, 9.17) is 10.3 Å². The number of carbonyl (C=O) groups is 1. The standard InChI is InChI=1S/C15H19N3O2/c1-9(12-4-6-13(16)7-5-12)17-15(19)8-14-10(2)18-20-11(14)3/h4-7,9H,8,16H2,1-3H3,(H,17,19). The summed E-state index contributed by atoms with van der Waals surface area (Å²) < 4.78 is 5.06. The maximum atomic E-state index is 12.1. The number of benzene rings is 1. The number of nitrogen functional groups attached to an aromatic ring is 1. The number of anilines is 1. The van der Waals surface area contributed by atoms with E-state index in [-0.39, 0.29) is 18.4 Å². The fourth-order valence-corrected chi connectivity index (χ4v) is 2.08. The average molecular weight is 273 g/mol.